The van der Waals surface area contributed by atoms with Gasteiger partial charge in [0.15, 0.2) is 5.66 Å². The van der Waals surface area contributed by atoms with Gasteiger partial charge < -0.3 is 22.1 Å². The van der Waals surface area contributed by atoms with Crippen LogP contribution in [-0.4, -0.2) is 16.6 Å². The zero-order valence-electron chi connectivity index (χ0n) is 6.55. The molecule has 1 aliphatic rings. The summed E-state index contributed by atoms with van der Waals surface area (Å²) in [6.45, 7) is 1.66. The van der Waals surface area contributed by atoms with Crippen molar-refractivity contribution in [3.63, 3.8) is 0 Å². The molecular formula is C6H10N4OS. The third-order valence-electron chi connectivity index (χ3n) is 1.63. The van der Waals surface area contributed by atoms with Crippen LogP contribution in [0.25, 0.3) is 0 Å². The molecule has 1 atom stereocenters. The summed E-state index contributed by atoms with van der Waals surface area (Å²) < 4.78 is 0. The second-order valence-corrected chi connectivity index (χ2v) is 3.13. The number of hydrogen-bond acceptors (Lipinski definition) is 4. The third-order valence-corrected chi connectivity index (χ3v) is 2.04. The lowest BCUT2D eigenvalue weighted by molar-refractivity contribution is -0.119. The molecule has 0 aromatic carbocycles. The monoisotopic (exact) mass is 186 g/mol. The smallest absolute Gasteiger partial charge is 0.270 e. The largest absolute Gasteiger partial charge is 0.393 e. The normalized spacial score (nSPS) is 28.4. The molecule has 1 unspecified atom stereocenters. The number of rotatable bonds is 1. The summed E-state index contributed by atoms with van der Waals surface area (Å²) >= 11 is 4.75. The average Bonchev–Trinajstić information content (AvgIpc) is 1.97. The van der Waals surface area contributed by atoms with Crippen molar-refractivity contribution in [1.82, 2.24) is 10.6 Å². The van der Waals surface area contributed by atoms with Crippen LogP contribution in [0.4, 0.5) is 0 Å². The Kier molecular flexibility index (Phi) is 1.93. The minimum Gasteiger partial charge on any atom is -0.393 e. The van der Waals surface area contributed by atoms with Gasteiger partial charge >= 0.3 is 0 Å². The number of hydrogen-bond donors (Lipinski definition) is 4. The van der Waals surface area contributed by atoms with E-state index >= 15 is 0 Å². The maximum Gasteiger partial charge on any atom is 0.270 e. The quantitative estimate of drug-likeness (QED) is 0.374. The number of nitrogens with two attached hydrogens (primary N) is 2. The highest BCUT2D eigenvalue weighted by atomic mass is 32.1. The molecule has 0 saturated carbocycles. The summed E-state index contributed by atoms with van der Waals surface area (Å²) in [5.74, 6) is -0.371. The first-order chi connectivity index (χ1) is 5.46. The highest BCUT2D eigenvalue weighted by Crippen LogP contribution is 2.05. The van der Waals surface area contributed by atoms with Gasteiger partial charge in [-0.25, -0.2) is 0 Å². The van der Waals surface area contributed by atoms with Crippen LogP contribution in [-0.2, 0) is 4.79 Å². The Labute approximate surface area is 75.2 Å². The average molecular weight is 186 g/mol. The molecule has 1 amide bonds. The van der Waals surface area contributed by atoms with Gasteiger partial charge in [0, 0.05) is 6.20 Å². The van der Waals surface area contributed by atoms with Gasteiger partial charge in [-0.2, -0.15) is 0 Å². The van der Waals surface area contributed by atoms with Crippen molar-refractivity contribution in [2.45, 2.75) is 12.6 Å². The van der Waals surface area contributed by atoms with E-state index < -0.39 is 5.66 Å². The molecule has 1 aliphatic heterocycles. The Hall–Kier alpha value is -1.30. The van der Waals surface area contributed by atoms with Gasteiger partial charge in [0.1, 0.15) is 10.7 Å². The van der Waals surface area contributed by atoms with E-state index in [0.29, 0.717) is 0 Å². The summed E-state index contributed by atoms with van der Waals surface area (Å²) in [5, 5.41) is 5.32. The molecular weight excluding hydrogens is 176 g/mol. The lowest BCUT2D eigenvalue weighted by Crippen LogP contribution is -2.65. The predicted octanol–water partition coefficient (Wildman–Crippen LogP) is -1.49. The van der Waals surface area contributed by atoms with Crippen LogP contribution in [0.2, 0.25) is 0 Å². The van der Waals surface area contributed by atoms with Crippen LogP contribution in [0.15, 0.2) is 11.9 Å². The van der Waals surface area contributed by atoms with Gasteiger partial charge in [0.2, 0.25) is 0 Å². The molecule has 0 radical (unpaired) electrons. The SMILES string of the molecule is CC1(C(N)=S)NC=C(N)C(=O)N1. The van der Waals surface area contributed by atoms with Crippen LogP contribution in [0.3, 0.4) is 0 Å². The number of amides is 1. The zero-order valence-corrected chi connectivity index (χ0v) is 7.37. The molecule has 1 rings (SSSR count). The third kappa shape index (κ3) is 1.33. The number of carbonyl (C=O) groups excluding carboxylic acids is 1. The maximum atomic E-state index is 11.1. The minimum atomic E-state index is -0.866. The van der Waals surface area contributed by atoms with E-state index in [1.54, 1.807) is 6.92 Å². The minimum absolute atomic E-state index is 0.115. The molecule has 0 aromatic rings. The maximum absolute atomic E-state index is 11.1. The van der Waals surface area contributed by atoms with Gasteiger partial charge in [-0.15, -0.1) is 0 Å². The Balaban J connectivity index is 2.90. The number of thiocarbonyl (C=S) groups is 1. The first kappa shape index (κ1) is 8.79. The van der Waals surface area contributed by atoms with E-state index in [1.807, 2.05) is 0 Å². The lowest BCUT2D eigenvalue weighted by atomic mass is 10.1. The second-order valence-electron chi connectivity index (χ2n) is 2.69. The van der Waals surface area contributed by atoms with E-state index in [9.17, 15) is 4.79 Å². The molecule has 6 heteroatoms. The van der Waals surface area contributed by atoms with Crippen LogP contribution < -0.4 is 22.1 Å². The summed E-state index contributed by atoms with van der Waals surface area (Å²) in [7, 11) is 0. The number of nitrogens with one attached hydrogen (secondary N) is 2. The summed E-state index contributed by atoms with van der Waals surface area (Å²) in [4.78, 5) is 11.2. The Morgan fingerprint density at radius 1 is 1.75 bits per heavy atom. The van der Waals surface area contributed by atoms with Crippen molar-refractivity contribution in [2.75, 3.05) is 0 Å². The first-order valence-corrected chi connectivity index (χ1v) is 3.72. The predicted molar refractivity (Wildman–Crippen MR) is 48.7 cm³/mol. The van der Waals surface area contributed by atoms with Gasteiger partial charge in [-0.1, -0.05) is 12.2 Å². The van der Waals surface area contributed by atoms with Crippen LogP contribution >= 0.6 is 12.2 Å². The van der Waals surface area contributed by atoms with E-state index in [1.165, 1.54) is 6.20 Å². The standard InChI is InChI=1S/C6H10N4OS/c1-6(5(8)12)9-2-3(7)4(11)10-6/h2,9H,7H2,1H3,(H2,8,12)(H,10,11). The summed E-state index contributed by atoms with van der Waals surface area (Å²) in [6, 6.07) is 0. The lowest BCUT2D eigenvalue weighted by Gasteiger charge is -2.33. The van der Waals surface area contributed by atoms with Crippen molar-refractivity contribution < 1.29 is 4.79 Å². The van der Waals surface area contributed by atoms with Crippen LogP contribution in [0.1, 0.15) is 6.92 Å². The van der Waals surface area contributed by atoms with Crippen LogP contribution in [0, 0.1) is 0 Å². The fourth-order valence-electron chi connectivity index (χ4n) is 0.756. The molecule has 6 N–H and O–H groups in total. The summed E-state index contributed by atoms with van der Waals surface area (Å²) in [5.41, 5.74) is 9.94. The second kappa shape index (κ2) is 2.63. The Morgan fingerprint density at radius 3 is 2.75 bits per heavy atom. The van der Waals surface area contributed by atoms with Crippen LogP contribution in [0.5, 0.6) is 0 Å². The van der Waals surface area contributed by atoms with Gasteiger partial charge in [0.05, 0.1) is 0 Å². The topological polar surface area (TPSA) is 93.2 Å². The zero-order chi connectivity index (χ0) is 9.35. The molecule has 12 heavy (non-hydrogen) atoms. The van der Waals surface area contributed by atoms with Crippen molar-refractivity contribution in [3.8, 4) is 0 Å². The molecule has 66 valence electrons. The molecule has 0 saturated heterocycles. The molecule has 0 aromatic heterocycles. The van der Waals surface area contributed by atoms with E-state index in [0.717, 1.165) is 0 Å². The first-order valence-electron chi connectivity index (χ1n) is 3.31. The van der Waals surface area contributed by atoms with Gasteiger partial charge in [-0.3, -0.25) is 4.79 Å². The van der Waals surface area contributed by atoms with Crippen molar-refractivity contribution >= 4 is 23.1 Å². The fourth-order valence-corrected chi connectivity index (χ4v) is 0.866. The molecule has 5 nitrogen and oxygen atoms in total. The molecule has 0 bridgehead atoms. The molecule has 0 aliphatic carbocycles. The number of carbonyl (C=O) groups is 1. The molecule has 0 fully saturated rings. The Morgan fingerprint density at radius 2 is 2.33 bits per heavy atom. The van der Waals surface area contributed by atoms with E-state index in [-0.39, 0.29) is 16.6 Å². The summed E-state index contributed by atoms with van der Waals surface area (Å²) in [6.07, 6.45) is 1.39. The molecule has 0 spiro atoms. The van der Waals surface area contributed by atoms with Crippen molar-refractivity contribution in [3.05, 3.63) is 11.9 Å². The fraction of sp³-hybridized carbons (Fsp3) is 0.333. The molecule has 1 heterocycles. The highest BCUT2D eigenvalue weighted by molar-refractivity contribution is 7.80. The van der Waals surface area contributed by atoms with Gasteiger partial charge in [-0.05, 0) is 6.92 Å². The van der Waals surface area contributed by atoms with Crippen molar-refractivity contribution in [2.24, 2.45) is 11.5 Å². The van der Waals surface area contributed by atoms with Gasteiger partial charge in [0.25, 0.3) is 5.91 Å². The highest BCUT2D eigenvalue weighted by Gasteiger charge is 2.32. The van der Waals surface area contributed by atoms with E-state index in [2.05, 4.69) is 10.6 Å². The Bertz CT molecular complexity index is 275. The van der Waals surface area contributed by atoms with Crippen molar-refractivity contribution in [1.29, 1.82) is 0 Å². The van der Waals surface area contributed by atoms with E-state index in [4.69, 9.17) is 23.7 Å².